The molecule has 0 aliphatic rings. The first-order chi connectivity index (χ1) is 11.7. The van der Waals surface area contributed by atoms with Crippen LogP contribution in [0.3, 0.4) is 0 Å². The molecule has 2 heterocycles. The Kier molecular flexibility index (Phi) is 11.3. The predicted octanol–water partition coefficient (Wildman–Crippen LogP) is 4.81. The molecule has 0 aliphatic heterocycles. The van der Waals surface area contributed by atoms with Gasteiger partial charge in [0, 0.05) is 35.0 Å². The highest BCUT2D eigenvalue weighted by molar-refractivity contribution is 14.0. The van der Waals surface area contributed by atoms with Gasteiger partial charge >= 0.3 is 0 Å². The Hall–Kier alpha value is -0.670. The predicted molar refractivity (Wildman–Crippen MR) is 122 cm³/mol. The highest BCUT2D eigenvalue weighted by atomic mass is 127. The number of thiazole rings is 1. The Morgan fingerprint density at radius 3 is 2.76 bits per heavy atom. The van der Waals surface area contributed by atoms with Crippen molar-refractivity contribution in [1.82, 2.24) is 15.6 Å². The third kappa shape index (κ3) is 8.50. The van der Waals surface area contributed by atoms with Crippen LogP contribution in [0, 0.1) is 6.92 Å². The second-order valence-electron chi connectivity index (χ2n) is 5.90. The summed E-state index contributed by atoms with van der Waals surface area (Å²) < 4.78 is 0. The zero-order valence-corrected chi connectivity index (χ0v) is 19.2. The second-order valence-corrected chi connectivity index (χ2v) is 7.82. The number of guanidine groups is 1. The van der Waals surface area contributed by atoms with Crippen LogP contribution in [0.5, 0.6) is 0 Å². The minimum Gasteiger partial charge on any atom is -0.357 e. The third-order valence-electron chi connectivity index (χ3n) is 3.67. The molecule has 0 aliphatic carbocycles. The van der Waals surface area contributed by atoms with E-state index in [2.05, 4.69) is 59.3 Å². The van der Waals surface area contributed by atoms with Crippen LogP contribution in [0.15, 0.2) is 27.9 Å². The molecule has 0 bridgehead atoms. The molecular formula is C18H29IN4S2. The molecule has 1 atom stereocenters. The molecule has 140 valence electrons. The number of hydrogen-bond acceptors (Lipinski definition) is 4. The van der Waals surface area contributed by atoms with Gasteiger partial charge in [0.15, 0.2) is 5.96 Å². The third-order valence-corrected chi connectivity index (χ3v) is 5.80. The zero-order valence-electron chi connectivity index (χ0n) is 15.2. The maximum atomic E-state index is 4.72. The van der Waals surface area contributed by atoms with Crippen LogP contribution in [-0.4, -0.2) is 30.6 Å². The molecule has 0 radical (unpaired) electrons. The van der Waals surface area contributed by atoms with Gasteiger partial charge in [0.25, 0.3) is 0 Å². The Morgan fingerprint density at radius 2 is 2.12 bits per heavy atom. The topological polar surface area (TPSA) is 49.3 Å². The van der Waals surface area contributed by atoms with Gasteiger partial charge in [-0.1, -0.05) is 13.0 Å². The number of aliphatic imine (C=N–C) groups is 1. The van der Waals surface area contributed by atoms with Crippen molar-refractivity contribution in [2.24, 2.45) is 4.99 Å². The van der Waals surface area contributed by atoms with Crippen LogP contribution in [0.1, 0.15) is 48.2 Å². The van der Waals surface area contributed by atoms with E-state index in [-0.39, 0.29) is 24.0 Å². The lowest BCUT2D eigenvalue weighted by molar-refractivity contribution is 0.688. The largest absolute Gasteiger partial charge is 0.357 e. The van der Waals surface area contributed by atoms with Crippen LogP contribution in [-0.2, 0) is 6.42 Å². The van der Waals surface area contributed by atoms with Gasteiger partial charge in [-0.15, -0.1) is 46.7 Å². The molecule has 1 unspecified atom stereocenters. The molecule has 2 aromatic rings. The van der Waals surface area contributed by atoms with Crippen molar-refractivity contribution in [1.29, 1.82) is 0 Å². The van der Waals surface area contributed by atoms with Gasteiger partial charge in [0.1, 0.15) is 0 Å². The summed E-state index contributed by atoms with van der Waals surface area (Å²) in [5, 5.41) is 12.3. The van der Waals surface area contributed by atoms with Crippen LogP contribution in [0.2, 0.25) is 0 Å². The molecule has 0 aromatic carbocycles. The normalized spacial score (nSPS) is 12.5. The zero-order chi connectivity index (χ0) is 17.2. The van der Waals surface area contributed by atoms with Crippen molar-refractivity contribution in [3.05, 3.63) is 38.5 Å². The minimum absolute atomic E-state index is 0. The van der Waals surface area contributed by atoms with E-state index in [0.717, 1.165) is 50.6 Å². The Morgan fingerprint density at radius 1 is 1.28 bits per heavy atom. The number of nitrogens with one attached hydrogen (secondary N) is 2. The van der Waals surface area contributed by atoms with Crippen LogP contribution in [0.4, 0.5) is 0 Å². The molecule has 7 heteroatoms. The van der Waals surface area contributed by atoms with Crippen molar-refractivity contribution < 1.29 is 0 Å². The Balaban J connectivity index is 0.00000312. The van der Waals surface area contributed by atoms with Gasteiger partial charge in [-0.3, -0.25) is 4.99 Å². The van der Waals surface area contributed by atoms with Crippen molar-refractivity contribution in [3.8, 4) is 0 Å². The molecule has 2 rings (SSSR count). The number of unbranched alkanes of at least 4 members (excludes halogenated alkanes) is 1. The molecular weight excluding hydrogens is 463 g/mol. The van der Waals surface area contributed by atoms with E-state index in [1.54, 1.807) is 22.7 Å². The first-order valence-electron chi connectivity index (χ1n) is 8.65. The maximum Gasteiger partial charge on any atom is 0.191 e. The average molecular weight is 492 g/mol. The van der Waals surface area contributed by atoms with E-state index in [9.17, 15) is 0 Å². The molecule has 0 saturated carbocycles. The number of nitrogens with zero attached hydrogens (tertiary/aromatic N) is 2. The molecule has 4 nitrogen and oxygen atoms in total. The van der Waals surface area contributed by atoms with Gasteiger partial charge in [-0.2, -0.15) is 0 Å². The van der Waals surface area contributed by atoms with Crippen LogP contribution < -0.4 is 10.6 Å². The quantitative estimate of drug-likeness (QED) is 0.229. The average Bonchev–Trinajstić information content (AvgIpc) is 3.23. The molecule has 0 saturated heterocycles. The number of aromatic nitrogens is 1. The molecule has 25 heavy (non-hydrogen) atoms. The lowest BCUT2D eigenvalue weighted by atomic mass is 10.1. The molecule has 0 fully saturated rings. The fourth-order valence-electron chi connectivity index (χ4n) is 2.36. The molecule has 2 N–H and O–H groups in total. The molecule has 0 amide bonds. The lowest BCUT2D eigenvalue weighted by Gasteiger charge is -2.12. The van der Waals surface area contributed by atoms with Gasteiger partial charge in [-0.05, 0) is 44.6 Å². The number of rotatable bonds is 9. The summed E-state index contributed by atoms with van der Waals surface area (Å²) in [6.45, 7) is 9.03. The summed E-state index contributed by atoms with van der Waals surface area (Å²) in [6, 6.07) is 4.29. The minimum atomic E-state index is 0. The number of aryl methyl sites for hydroxylation is 2. The second kappa shape index (κ2) is 12.6. The van der Waals surface area contributed by atoms with Crippen molar-refractivity contribution in [2.75, 3.05) is 19.6 Å². The first-order valence-corrected chi connectivity index (χ1v) is 10.4. The maximum absolute atomic E-state index is 4.72. The summed E-state index contributed by atoms with van der Waals surface area (Å²) in [4.78, 5) is 10.6. The van der Waals surface area contributed by atoms with E-state index >= 15 is 0 Å². The monoisotopic (exact) mass is 492 g/mol. The van der Waals surface area contributed by atoms with Gasteiger partial charge in [0.05, 0.1) is 11.6 Å². The van der Waals surface area contributed by atoms with Gasteiger partial charge in [-0.25, -0.2) is 4.98 Å². The van der Waals surface area contributed by atoms with E-state index in [4.69, 9.17) is 4.99 Å². The van der Waals surface area contributed by atoms with Crippen molar-refractivity contribution >= 4 is 52.6 Å². The summed E-state index contributed by atoms with van der Waals surface area (Å²) in [5.74, 6) is 1.39. The Bertz CT molecular complexity index is 610. The highest BCUT2D eigenvalue weighted by Gasteiger charge is 2.06. The number of thiophene rings is 1. The van der Waals surface area contributed by atoms with Crippen molar-refractivity contribution in [3.63, 3.8) is 0 Å². The summed E-state index contributed by atoms with van der Waals surface area (Å²) >= 11 is 3.57. The number of hydrogen-bond donors (Lipinski definition) is 2. The van der Waals surface area contributed by atoms with Gasteiger partial charge in [0.2, 0.25) is 0 Å². The van der Waals surface area contributed by atoms with E-state index < -0.39 is 0 Å². The fourth-order valence-corrected chi connectivity index (χ4v) is 3.95. The fraction of sp³-hybridized carbons (Fsp3) is 0.556. The van der Waals surface area contributed by atoms with E-state index in [1.807, 2.05) is 0 Å². The van der Waals surface area contributed by atoms with Crippen LogP contribution in [0.25, 0.3) is 0 Å². The smallest absolute Gasteiger partial charge is 0.191 e. The highest BCUT2D eigenvalue weighted by Crippen LogP contribution is 2.20. The van der Waals surface area contributed by atoms with E-state index in [0.29, 0.717) is 5.92 Å². The van der Waals surface area contributed by atoms with Crippen molar-refractivity contribution in [2.45, 2.75) is 46.0 Å². The SMILES string of the molecule is CCNC(=NCC(C)c1cccs1)NCCCCc1nc(C)cs1.I. The van der Waals surface area contributed by atoms with Gasteiger partial charge < -0.3 is 10.6 Å². The van der Waals surface area contributed by atoms with Crippen LogP contribution >= 0.6 is 46.7 Å². The molecule has 2 aromatic heterocycles. The molecule has 0 spiro atoms. The summed E-state index contributed by atoms with van der Waals surface area (Å²) in [7, 11) is 0. The Labute approximate surface area is 176 Å². The van der Waals surface area contributed by atoms with E-state index in [1.165, 1.54) is 9.88 Å². The summed E-state index contributed by atoms with van der Waals surface area (Å²) in [6.07, 6.45) is 3.36. The first kappa shape index (κ1) is 22.4. The standard InChI is InChI=1S/C18H28N4S2.HI/c1-4-19-18(21-12-14(2)16-8-7-11-23-16)20-10-6-5-9-17-22-15(3)13-24-17;/h7-8,11,13-14H,4-6,9-10,12H2,1-3H3,(H2,19,20,21);1H. The lowest BCUT2D eigenvalue weighted by Crippen LogP contribution is -2.38. The summed E-state index contributed by atoms with van der Waals surface area (Å²) in [5.41, 5.74) is 1.13. The number of halogens is 1.